The molecule has 0 bridgehead atoms. The summed E-state index contributed by atoms with van der Waals surface area (Å²) >= 11 is 0. The van der Waals surface area contributed by atoms with Crippen LogP contribution in [0.2, 0.25) is 0 Å². The number of carbonyl (C=O) groups excluding carboxylic acids is 1. The molecule has 2 heterocycles. The quantitative estimate of drug-likeness (QED) is 0.790. The van der Waals surface area contributed by atoms with Gasteiger partial charge in [0.05, 0.1) is 17.5 Å². The Morgan fingerprint density at radius 3 is 2.61 bits per heavy atom. The molecule has 2 aliphatic heterocycles. The summed E-state index contributed by atoms with van der Waals surface area (Å²) in [4.78, 5) is 14.6. The van der Waals surface area contributed by atoms with Crippen LogP contribution in [0.4, 0.5) is 4.39 Å². The predicted octanol–water partition coefficient (Wildman–Crippen LogP) is 2.91. The molecule has 2 aromatic carbocycles. The number of hydrogen-bond donors (Lipinski definition) is 0. The second kappa shape index (κ2) is 7.29. The summed E-state index contributed by atoms with van der Waals surface area (Å²) in [5, 5.41) is 0. The minimum absolute atomic E-state index is 0.161. The second-order valence-corrected chi connectivity index (χ2v) is 9.33. The van der Waals surface area contributed by atoms with Crippen molar-refractivity contribution in [2.24, 2.45) is 0 Å². The Labute approximate surface area is 164 Å². The van der Waals surface area contributed by atoms with E-state index in [1.54, 1.807) is 23.1 Å². The van der Waals surface area contributed by atoms with Gasteiger partial charge in [0.1, 0.15) is 5.82 Å². The van der Waals surface area contributed by atoms with Gasteiger partial charge in [-0.25, -0.2) is 12.8 Å². The van der Waals surface area contributed by atoms with Gasteiger partial charge in [0.25, 0.3) is 0 Å². The zero-order chi connectivity index (χ0) is 19.9. The molecular weight excluding hydrogens is 379 g/mol. The first-order chi connectivity index (χ1) is 13.4. The average Bonchev–Trinajstić information content (AvgIpc) is 2.68. The molecule has 1 fully saturated rings. The van der Waals surface area contributed by atoms with Gasteiger partial charge in [-0.2, -0.15) is 4.31 Å². The second-order valence-electron chi connectivity index (χ2n) is 7.39. The van der Waals surface area contributed by atoms with Gasteiger partial charge in [-0.3, -0.25) is 4.79 Å². The van der Waals surface area contributed by atoms with Crippen molar-refractivity contribution in [1.29, 1.82) is 0 Å². The highest BCUT2D eigenvalue weighted by Crippen LogP contribution is 2.35. The van der Waals surface area contributed by atoms with Crippen LogP contribution in [0.3, 0.4) is 0 Å². The van der Waals surface area contributed by atoms with Crippen LogP contribution >= 0.6 is 0 Å². The Kier molecular flexibility index (Phi) is 4.97. The average molecular weight is 402 g/mol. The van der Waals surface area contributed by atoms with Crippen LogP contribution in [0.1, 0.15) is 36.1 Å². The number of benzene rings is 2. The van der Waals surface area contributed by atoms with Crippen molar-refractivity contribution in [3.63, 3.8) is 0 Å². The lowest BCUT2D eigenvalue weighted by Crippen LogP contribution is -2.55. The summed E-state index contributed by atoms with van der Waals surface area (Å²) in [5.41, 5.74) is 2.77. The molecule has 28 heavy (non-hydrogen) atoms. The van der Waals surface area contributed by atoms with Crippen LogP contribution < -0.4 is 0 Å². The van der Waals surface area contributed by atoms with Gasteiger partial charge in [-0.1, -0.05) is 31.5 Å². The molecule has 1 saturated heterocycles. The molecule has 7 heteroatoms. The lowest BCUT2D eigenvalue weighted by molar-refractivity contribution is -0.138. The van der Waals surface area contributed by atoms with Gasteiger partial charge in [0.15, 0.2) is 0 Å². The van der Waals surface area contributed by atoms with Crippen molar-refractivity contribution >= 4 is 15.9 Å². The summed E-state index contributed by atoms with van der Waals surface area (Å²) in [5.74, 6) is -0.525. The molecule has 0 aliphatic carbocycles. The Morgan fingerprint density at radius 1 is 1.14 bits per heavy atom. The highest BCUT2D eigenvalue weighted by atomic mass is 32.2. The van der Waals surface area contributed by atoms with E-state index in [0.717, 1.165) is 29.5 Å². The number of amides is 1. The Hall–Kier alpha value is -2.25. The molecule has 1 atom stereocenters. The Balaban J connectivity index is 1.64. The fourth-order valence-electron chi connectivity index (χ4n) is 4.12. The van der Waals surface area contributed by atoms with Gasteiger partial charge in [-0.05, 0) is 53.8 Å². The minimum atomic E-state index is -3.78. The number of rotatable bonds is 4. The van der Waals surface area contributed by atoms with Crippen LogP contribution in [-0.2, 0) is 27.7 Å². The molecule has 2 aromatic rings. The number of hydrogen-bond acceptors (Lipinski definition) is 3. The van der Waals surface area contributed by atoms with Crippen LogP contribution in [0, 0.1) is 5.82 Å². The van der Waals surface area contributed by atoms with Crippen molar-refractivity contribution < 1.29 is 17.6 Å². The summed E-state index contributed by atoms with van der Waals surface area (Å²) < 4.78 is 41.1. The van der Waals surface area contributed by atoms with Crippen LogP contribution in [-0.4, -0.2) is 43.2 Å². The van der Waals surface area contributed by atoms with Gasteiger partial charge < -0.3 is 4.90 Å². The summed E-state index contributed by atoms with van der Waals surface area (Å²) in [6.45, 7) is 2.58. The monoisotopic (exact) mass is 402 g/mol. The maximum absolute atomic E-state index is 13.6. The molecule has 0 spiro atoms. The number of halogens is 1. The third-order valence-corrected chi connectivity index (χ3v) is 7.40. The summed E-state index contributed by atoms with van der Waals surface area (Å²) in [6, 6.07) is 11.0. The van der Waals surface area contributed by atoms with Gasteiger partial charge in [0.2, 0.25) is 15.9 Å². The number of carbonyl (C=O) groups is 1. The molecule has 0 N–H and O–H groups in total. The molecular formula is C21H23FN2O3S. The van der Waals surface area contributed by atoms with Crippen molar-refractivity contribution in [2.45, 2.75) is 37.1 Å². The first-order valence-corrected chi connectivity index (χ1v) is 11.0. The van der Waals surface area contributed by atoms with E-state index in [0.29, 0.717) is 13.0 Å². The zero-order valence-electron chi connectivity index (χ0n) is 15.8. The van der Waals surface area contributed by atoms with Crippen LogP contribution in [0.15, 0.2) is 47.4 Å². The first kappa shape index (κ1) is 19.1. The minimum Gasteiger partial charge on any atom is -0.333 e. The zero-order valence-corrected chi connectivity index (χ0v) is 16.6. The lowest BCUT2D eigenvalue weighted by atomic mass is 9.91. The number of fused-ring (bicyclic) bond motifs is 3. The van der Waals surface area contributed by atoms with E-state index in [2.05, 4.69) is 6.92 Å². The first-order valence-electron chi connectivity index (χ1n) is 9.57. The molecule has 148 valence electrons. The van der Waals surface area contributed by atoms with Crippen molar-refractivity contribution in [2.75, 3.05) is 19.6 Å². The smallest absolute Gasteiger partial charge is 0.243 e. The standard InChI is InChI=1S/C21H23FN2O3S/c1-2-3-15-4-7-18(8-5-15)28(26,27)23-13-20-19-9-6-17(22)12-16(19)10-11-24(20)21(25)14-23/h4-9,12,20H,2-3,10-11,13-14H2,1H3. The van der Waals surface area contributed by atoms with E-state index < -0.39 is 10.0 Å². The Morgan fingerprint density at radius 2 is 1.89 bits per heavy atom. The number of aryl methyl sites for hydroxylation is 1. The summed E-state index contributed by atoms with van der Waals surface area (Å²) in [7, 11) is -3.78. The molecule has 2 aliphatic rings. The molecule has 0 saturated carbocycles. The fraction of sp³-hybridized carbons (Fsp3) is 0.381. The van der Waals surface area contributed by atoms with Gasteiger partial charge in [0, 0.05) is 13.1 Å². The number of sulfonamides is 1. The maximum atomic E-state index is 13.6. The number of nitrogens with zero attached hydrogens (tertiary/aromatic N) is 2. The van der Waals surface area contributed by atoms with Gasteiger partial charge >= 0.3 is 0 Å². The third-order valence-electron chi connectivity index (χ3n) is 5.57. The van der Waals surface area contributed by atoms with Crippen LogP contribution in [0.25, 0.3) is 0 Å². The third kappa shape index (κ3) is 3.33. The molecule has 4 rings (SSSR count). The highest BCUT2D eigenvalue weighted by Gasteiger charge is 2.41. The SMILES string of the molecule is CCCc1ccc(S(=O)(=O)N2CC(=O)N3CCc4cc(F)ccc4C3C2)cc1. The molecule has 5 nitrogen and oxygen atoms in total. The van der Waals surface area contributed by atoms with E-state index in [1.807, 2.05) is 12.1 Å². The molecule has 1 amide bonds. The molecule has 0 aromatic heterocycles. The van der Waals surface area contributed by atoms with Gasteiger partial charge in [-0.15, -0.1) is 0 Å². The Bertz CT molecular complexity index is 1000. The van der Waals surface area contributed by atoms with Crippen molar-refractivity contribution in [1.82, 2.24) is 9.21 Å². The predicted molar refractivity (Wildman–Crippen MR) is 104 cm³/mol. The van der Waals surface area contributed by atoms with E-state index in [-0.39, 0.29) is 35.8 Å². The largest absolute Gasteiger partial charge is 0.333 e. The van der Waals surface area contributed by atoms with Crippen molar-refractivity contribution in [3.05, 3.63) is 65.0 Å². The van der Waals surface area contributed by atoms with E-state index >= 15 is 0 Å². The van der Waals surface area contributed by atoms with Crippen molar-refractivity contribution in [3.8, 4) is 0 Å². The van der Waals surface area contributed by atoms with Crippen LogP contribution in [0.5, 0.6) is 0 Å². The molecule has 1 unspecified atom stereocenters. The van der Waals surface area contributed by atoms with E-state index in [9.17, 15) is 17.6 Å². The summed E-state index contributed by atoms with van der Waals surface area (Å²) in [6.07, 6.45) is 2.47. The lowest BCUT2D eigenvalue weighted by Gasteiger charge is -2.44. The topological polar surface area (TPSA) is 57.7 Å². The normalized spacial score (nSPS) is 20.0. The maximum Gasteiger partial charge on any atom is 0.243 e. The van der Waals surface area contributed by atoms with E-state index in [4.69, 9.17) is 0 Å². The molecule has 0 radical (unpaired) electrons. The fourth-order valence-corrected chi connectivity index (χ4v) is 5.52. The number of piperazine rings is 1. The van der Waals surface area contributed by atoms with E-state index in [1.165, 1.54) is 16.4 Å². The highest BCUT2D eigenvalue weighted by molar-refractivity contribution is 7.89.